The summed E-state index contributed by atoms with van der Waals surface area (Å²) in [4.78, 5) is 41.6. The highest BCUT2D eigenvalue weighted by Gasteiger charge is 2.28. The summed E-state index contributed by atoms with van der Waals surface area (Å²) in [6, 6.07) is 10.7. The van der Waals surface area contributed by atoms with Gasteiger partial charge in [0.25, 0.3) is 0 Å². The number of alkyl carbamates (subject to hydrolysis) is 1. The lowest BCUT2D eigenvalue weighted by Crippen LogP contribution is -2.43. The minimum absolute atomic E-state index is 0.0808. The van der Waals surface area contributed by atoms with Gasteiger partial charge in [-0.1, -0.05) is 36.4 Å². The molecule has 1 aliphatic heterocycles. The molecule has 9 heteroatoms. The van der Waals surface area contributed by atoms with E-state index in [2.05, 4.69) is 22.0 Å². The summed E-state index contributed by atoms with van der Waals surface area (Å²) in [5.41, 5.74) is 4.76. The molecule has 38 heavy (non-hydrogen) atoms. The van der Waals surface area contributed by atoms with Crippen molar-refractivity contribution in [1.82, 2.24) is 15.6 Å². The minimum Gasteiger partial charge on any atom is -0.467 e. The third-order valence-electron chi connectivity index (χ3n) is 6.96. The molecule has 0 saturated heterocycles. The van der Waals surface area contributed by atoms with Gasteiger partial charge in [-0.05, 0) is 74.0 Å². The maximum Gasteiger partial charge on any atom is 0.408 e. The van der Waals surface area contributed by atoms with Gasteiger partial charge in [-0.3, -0.25) is 4.79 Å². The second-order valence-corrected chi connectivity index (χ2v) is 9.96. The molecule has 1 atom stereocenters. The Balaban J connectivity index is 1.16. The maximum absolute atomic E-state index is 12.4. The highest BCUT2D eigenvalue weighted by Crippen LogP contribution is 2.43. The zero-order valence-corrected chi connectivity index (χ0v) is 22.1. The lowest BCUT2D eigenvalue weighted by molar-refractivity contribution is -0.143. The Hall–Kier alpha value is -3.62. The van der Waals surface area contributed by atoms with Crippen LogP contribution in [0.15, 0.2) is 36.4 Å². The molecular weight excluding hydrogens is 484 g/mol. The summed E-state index contributed by atoms with van der Waals surface area (Å²) in [5, 5.41) is 8.79. The number of nitrogens with one attached hydrogen (secondary N) is 3. The molecule has 9 nitrogen and oxygen atoms in total. The van der Waals surface area contributed by atoms with Crippen molar-refractivity contribution in [3.8, 4) is 0 Å². The van der Waals surface area contributed by atoms with Gasteiger partial charge >= 0.3 is 12.1 Å². The zero-order chi connectivity index (χ0) is 26.7. The number of ether oxygens (including phenoxy) is 2. The fourth-order valence-electron chi connectivity index (χ4n) is 4.71. The van der Waals surface area contributed by atoms with Crippen LogP contribution in [0.25, 0.3) is 0 Å². The molecule has 1 aromatic heterocycles. The predicted octanol–water partition coefficient (Wildman–Crippen LogP) is 4.00. The highest BCUT2D eigenvalue weighted by atomic mass is 16.6. The molecule has 2 aromatic rings. The first-order valence-electron chi connectivity index (χ1n) is 13.6. The molecule has 2 aliphatic rings. The van der Waals surface area contributed by atoms with E-state index in [4.69, 9.17) is 14.5 Å². The number of carbonyl (C=O) groups excluding carboxylic acids is 3. The topological polar surface area (TPSA) is 119 Å². The van der Waals surface area contributed by atoms with E-state index in [0.29, 0.717) is 12.3 Å². The number of methoxy groups -OCH3 is 1. The molecule has 1 saturated carbocycles. The number of hydrogen-bond donors (Lipinski definition) is 3. The van der Waals surface area contributed by atoms with Crippen molar-refractivity contribution in [3.05, 3.63) is 58.8 Å². The van der Waals surface area contributed by atoms with Crippen molar-refractivity contribution in [3.63, 3.8) is 0 Å². The van der Waals surface area contributed by atoms with Crippen LogP contribution in [0.1, 0.15) is 73.2 Å². The number of aromatic nitrogens is 1. The predicted molar refractivity (Wildman–Crippen MR) is 144 cm³/mol. The number of carbonyl (C=O) groups is 3. The first kappa shape index (κ1) is 27.4. The molecule has 0 radical (unpaired) electrons. The molecule has 2 heterocycles. The quantitative estimate of drug-likeness (QED) is 0.269. The van der Waals surface area contributed by atoms with Crippen molar-refractivity contribution in [2.45, 2.75) is 76.4 Å². The normalized spacial score (nSPS) is 15.0. The Labute approximate surface area is 224 Å². The van der Waals surface area contributed by atoms with Gasteiger partial charge in [0.1, 0.15) is 18.5 Å². The Morgan fingerprint density at radius 2 is 1.97 bits per heavy atom. The van der Waals surface area contributed by atoms with E-state index in [-0.39, 0.29) is 25.5 Å². The number of pyridine rings is 1. The number of esters is 1. The van der Waals surface area contributed by atoms with Crippen molar-refractivity contribution < 1.29 is 23.9 Å². The van der Waals surface area contributed by atoms with Crippen molar-refractivity contribution in [2.75, 3.05) is 25.5 Å². The monoisotopic (exact) mass is 522 g/mol. The Bertz CT molecular complexity index is 1100. The number of aryl methyl sites for hydroxylation is 2. The lowest BCUT2D eigenvalue weighted by atomic mass is 9.98. The first-order chi connectivity index (χ1) is 18.5. The number of nitrogens with zero attached hydrogens (tertiary/aromatic N) is 1. The van der Waals surface area contributed by atoms with Crippen LogP contribution < -0.4 is 16.0 Å². The molecule has 204 valence electrons. The fraction of sp³-hybridized carbons (Fsp3) is 0.517. The van der Waals surface area contributed by atoms with Gasteiger partial charge < -0.3 is 25.4 Å². The van der Waals surface area contributed by atoms with Gasteiger partial charge in [-0.15, -0.1) is 0 Å². The number of benzene rings is 1. The van der Waals surface area contributed by atoms with Crippen LogP contribution in [0.5, 0.6) is 0 Å². The summed E-state index contributed by atoms with van der Waals surface area (Å²) in [6.07, 6.45) is 7.14. The van der Waals surface area contributed by atoms with Gasteiger partial charge in [-0.25, -0.2) is 14.6 Å². The molecule has 3 N–H and O–H groups in total. The van der Waals surface area contributed by atoms with Crippen molar-refractivity contribution >= 4 is 23.8 Å². The van der Waals surface area contributed by atoms with Gasteiger partial charge in [0.15, 0.2) is 0 Å². The number of anilines is 1. The van der Waals surface area contributed by atoms with Crippen molar-refractivity contribution in [2.24, 2.45) is 0 Å². The molecule has 0 spiro atoms. The third-order valence-corrected chi connectivity index (χ3v) is 6.96. The average molecular weight is 523 g/mol. The summed E-state index contributed by atoms with van der Waals surface area (Å²) < 4.78 is 9.97. The van der Waals surface area contributed by atoms with E-state index in [0.717, 1.165) is 50.0 Å². The van der Waals surface area contributed by atoms with E-state index in [1.54, 1.807) is 0 Å². The highest BCUT2D eigenvalue weighted by molar-refractivity contribution is 5.81. The van der Waals surface area contributed by atoms with E-state index in [1.165, 1.54) is 36.8 Å². The van der Waals surface area contributed by atoms with Crippen LogP contribution in [0.3, 0.4) is 0 Å². The smallest absolute Gasteiger partial charge is 0.408 e. The molecule has 2 amide bonds. The summed E-state index contributed by atoms with van der Waals surface area (Å²) in [6.45, 7) is 1.31. The van der Waals surface area contributed by atoms with Gasteiger partial charge in [0.05, 0.1) is 7.11 Å². The molecule has 0 bridgehead atoms. The second kappa shape index (κ2) is 13.8. The third kappa shape index (κ3) is 8.19. The average Bonchev–Trinajstić information content (AvgIpc) is 3.79. The van der Waals surface area contributed by atoms with Crippen LogP contribution in [-0.2, 0) is 38.5 Å². The SMILES string of the molecule is COC(=O)C(CCNC(=O)CCCCc1nc2c(cc1C1CC1)CCCN2)NC(=O)OCc1ccccc1. The maximum atomic E-state index is 12.4. The van der Waals surface area contributed by atoms with E-state index < -0.39 is 18.1 Å². The molecule has 1 aromatic carbocycles. The van der Waals surface area contributed by atoms with Crippen LogP contribution >= 0.6 is 0 Å². The van der Waals surface area contributed by atoms with E-state index >= 15 is 0 Å². The molecule has 1 unspecified atom stereocenters. The number of hydrogen-bond acceptors (Lipinski definition) is 7. The van der Waals surface area contributed by atoms with Crippen LogP contribution in [0.2, 0.25) is 0 Å². The largest absolute Gasteiger partial charge is 0.467 e. The minimum atomic E-state index is -0.909. The molecule has 4 rings (SSSR count). The molecule has 1 aliphatic carbocycles. The fourth-order valence-corrected chi connectivity index (χ4v) is 4.71. The van der Waals surface area contributed by atoms with Gasteiger partial charge in [0.2, 0.25) is 5.91 Å². The zero-order valence-electron chi connectivity index (χ0n) is 22.1. The van der Waals surface area contributed by atoms with Crippen molar-refractivity contribution in [1.29, 1.82) is 0 Å². The number of fused-ring (bicyclic) bond motifs is 1. The molecular formula is C29H38N4O5. The number of amides is 2. The van der Waals surface area contributed by atoms with E-state index in [9.17, 15) is 14.4 Å². The van der Waals surface area contributed by atoms with E-state index in [1.807, 2.05) is 30.3 Å². The van der Waals surface area contributed by atoms with Crippen LogP contribution in [0.4, 0.5) is 10.6 Å². The molecule has 1 fully saturated rings. The summed E-state index contributed by atoms with van der Waals surface area (Å²) in [5.74, 6) is 1.02. The Kier molecular flexibility index (Phi) is 9.95. The van der Waals surface area contributed by atoms with Crippen LogP contribution in [0, 0.1) is 0 Å². The lowest BCUT2D eigenvalue weighted by Gasteiger charge is -2.20. The number of rotatable bonds is 13. The van der Waals surface area contributed by atoms with Gasteiger partial charge in [0, 0.05) is 25.2 Å². The second-order valence-electron chi connectivity index (χ2n) is 9.96. The summed E-state index contributed by atoms with van der Waals surface area (Å²) >= 11 is 0. The Morgan fingerprint density at radius 3 is 2.74 bits per heavy atom. The van der Waals surface area contributed by atoms with Gasteiger partial charge in [-0.2, -0.15) is 0 Å². The number of unbranched alkanes of at least 4 members (excludes halogenated alkanes) is 1. The van der Waals surface area contributed by atoms with Crippen LogP contribution in [-0.4, -0.2) is 49.2 Å². The Morgan fingerprint density at radius 1 is 1.16 bits per heavy atom. The standard InChI is InChI=1S/C29H38N4O5/c1-37-28(35)25(33-29(36)38-19-20-8-3-2-4-9-20)15-17-30-26(34)12-6-5-11-24-23(21-13-14-21)18-22-10-7-16-31-27(22)32-24/h2-4,8-9,18,21,25H,5-7,10-17,19H2,1H3,(H,30,34)(H,31,32)(H,33,36). The first-order valence-corrected chi connectivity index (χ1v) is 13.6. The summed E-state index contributed by atoms with van der Waals surface area (Å²) in [7, 11) is 1.26.